The maximum absolute atomic E-state index is 11.3. The van der Waals surface area contributed by atoms with Crippen LogP contribution in [0.5, 0.6) is 0 Å². The van der Waals surface area contributed by atoms with Gasteiger partial charge in [0.05, 0.1) is 0 Å². The average molecular weight is 194 g/mol. The lowest BCUT2D eigenvalue weighted by molar-refractivity contribution is -0.122. The van der Waals surface area contributed by atoms with Crippen LogP contribution in [0.2, 0.25) is 0 Å². The lowest BCUT2D eigenvalue weighted by Crippen LogP contribution is -2.39. The van der Waals surface area contributed by atoms with Gasteiger partial charge in [0.15, 0.2) is 0 Å². The minimum absolute atomic E-state index is 0.456. The molecular formula is C10H14N2O2. The van der Waals surface area contributed by atoms with Gasteiger partial charge in [-0.25, -0.2) is 4.79 Å². The van der Waals surface area contributed by atoms with Crippen LogP contribution in [0.25, 0.3) is 0 Å². The molecule has 0 aliphatic rings. The highest BCUT2D eigenvalue weighted by Gasteiger charge is 2.13. The molecule has 0 aromatic heterocycles. The fraction of sp³-hybridized carbons (Fsp3) is 0.200. The number of allylic oxidation sites excluding steroid dienone is 2. The summed E-state index contributed by atoms with van der Waals surface area (Å²) in [7, 11) is 1.37. The monoisotopic (exact) mass is 194 g/mol. The summed E-state index contributed by atoms with van der Waals surface area (Å²) < 4.78 is 0. The number of hydrogen-bond donors (Lipinski definition) is 1. The van der Waals surface area contributed by atoms with Gasteiger partial charge in [-0.2, -0.15) is 0 Å². The van der Waals surface area contributed by atoms with Crippen LogP contribution in [-0.2, 0) is 4.79 Å². The normalized spacial score (nSPS) is 10.3. The Morgan fingerprint density at radius 1 is 1.29 bits per heavy atom. The Bertz CT molecular complexity index is 292. The zero-order valence-electron chi connectivity index (χ0n) is 8.41. The van der Waals surface area contributed by atoms with E-state index in [9.17, 15) is 9.59 Å². The molecule has 0 spiro atoms. The Morgan fingerprint density at radius 3 is 2.21 bits per heavy atom. The standard InChI is InChI=1S/C10H14N2O2/c1-5-8(6-2)11-10(14)12(4)9(13)7-3/h5-7H,1,3H2,2,4H3,(H,11,14)/b8-6+. The molecule has 0 aromatic rings. The molecule has 4 nitrogen and oxygen atoms in total. The van der Waals surface area contributed by atoms with Crippen molar-refractivity contribution in [3.63, 3.8) is 0 Å². The fourth-order valence-electron chi connectivity index (χ4n) is 0.685. The molecule has 4 heteroatoms. The highest BCUT2D eigenvalue weighted by Crippen LogP contribution is 1.93. The summed E-state index contributed by atoms with van der Waals surface area (Å²) in [6.45, 7) is 8.54. The summed E-state index contributed by atoms with van der Waals surface area (Å²) in [5.74, 6) is -0.456. The summed E-state index contributed by atoms with van der Waals surface area (Å²) in [6, 6.07) is -0.511. The first-order chi connectivity index (χ1) is 6.56. The van der Waals surface area contributed by atoms with Gasteiger partial charge in [0.1, 0.15) is 0 Å². The Labute approximate surface area is 83.6 Å². The van der Waals surface area contributed by atoms with Crippen LogP contribution in [-0.4, -0.2) is 23.9 Å². The maximum atomic E-state index is 11.3. The first-order valence-corrected chi connectivity index (χ1v) is 4.06. The van der Waals surface area contributed by atoms with Gasteiger partial charge >= 0.3 is 6.03 Å². The molecule has 0 fully saturated rings. The van der Waals surface area contributed by atoms with Crippen molar-refractivity contribution in [2.45, 2.75) is 6.92 Å². The smallest absolute Gasteiger partial charge is 0.308 e. The van der Waals surface area contributed by atoms with E-state index in [1.54, 1.807) is 13.0 Å². The van der Waals surface area contributed by atoms with E-state index >= 15 is 0 Å². The second kappa shape index (κ2) is 5.75. The molecule has 0 rings (SSSR count). The van der Waals surface area contributed by atoms with Crippen molar-refractivity contribution in [3.05, 3.63) is 37.1 Å². The first kappa shape index (κ1) is 12.2. The molecule has 1 N–H and O–H groups in total. The second-order valence-corrected chi connectivity index (χ2v) is 2.48. The minimum atomic E-state index is -0.511. The van der Waals surface area contributed by atoms with E-state index in [1.807, 2.05) is 0 Å². The second-order valence-electron chi connectivity index (χ2n) is 2.48. The topological polar surface area (TPSA) is 49.4 Å². The molecule has 0 bridgehead atoms. The van der Waals surface area contributed by atoms with Crippen LogP contribution in [0.1, 0.15) is 6.92 Å². The van der Waals surface area contributed by atoms with Crippen LogP contribution in [0.4, 0.5) is 4.79 Å². The van der Waals surface area contributed by atoms with E-state index in [-0.39, 0.29) is 0 Å². The van der Waals surface area contributed by atoms with Crippen LogP contribution >= 0.6 is 0 Å². The molecule has 0 saturated heterocycles. The third-order valence-corrected chi connectivity index (χ3v) is 1.59. The zero-order chi connectivity index (χ0) is 11.1. The molecule has 0 heterocycles. The Balaban J connectivity index is 4.42. The fourth-order valence-corrected chi connectivity index (χ4v) is 0.685. The average Bonchev–Trinajstić information content (AvgIpc) is 2.23. The van der Waals surface area contributed by atoms with Crippen molar-refractivity contribution in [1.82, 2.24) is 10.2 Å². The number of rotatable bonds is 3. The maximum Gasteiger partial charge on any atom is 0.328 e. The third-order valence-electron chi connectivity index (χ3n) is 1.59. The largest absolute Gasteiger partial charge is 0.328 e. The number of likely N-dealkylation sites (N-methyl/N-ethyl adjacent to an activating group) is 1. The molecular weight excluding hydrogens is 180 g/mol. The van der Waals surface area contributed by atoms with Gasteiger partial charge in [0, 0.05) is 12.7 Å². The number of hydrogen-bond acceptors (Lipinski definition) is 2. The van der Waals surface area contributed by atoms with Gasteiger partial charge in [-0.05, 0) is 19.1 Å². The van der Waals surface area contributed by atoms with Crippen molar-refractivity contribution in [2.24, 2.45) is 0 Å². The van der Waals surface area contributed by atoms with Gasteiger partial charge in [-0.1, -0.05) is 19.2 Å². The predicted molar refractivity (Wildman–Crippen MR) is 55.5 cm³/mol. The molecule has 0 aliphatic heterocycles. The molecule has 3 amide bonds. The number of carbonyl (C=O) groups is 2. The van der Waals surface area contributed by atoms with E-state index in [0.717, 1.165) is 11.0 Å². The summed E-state index contributed by atoms with van der Waals surface area (Å²) in [4.78, 5) is 23.3. The van der Waals surface area contributed by atoms with E-state index in [2.05, 4.69) is 18.5 Å². The number of urea groups is 1. The van der Waals surface area contributed by atoms with Crippen molar-refractivity contribution >= 4 is 11.9 Å². The van der Waals surface area contributed by atoms with Gasteiger partial charge in [-0.15, -0.1) is 0 Å². The lowest BCUT2D eigenvalue weighted by Gasteiger charge is -2.14. The molecule has 0 saturated carbocycles. The summed E-state index contributed by atoms with van der Waals surface area (Å²) >= 11 is 0. The highest BCUT2D eigenvalue weighted by molar-refractivity contribution is 6.00. The van der Waals surface area contributed by atoms with E-state index in [1.165, 1.54) is 13.1 Å². The minimum Gasteiger partial charge on any atom is -0.308 e. The number of imide groups is 1. The van der Waals surface area contributed by atoms with Gasteiger partial charge < -0.3 is 5.32 Å². The van der Waals surface area contributed by atoms with Crippen LogP contribution in [0, 0.1) is 0 Å². The lowest BCUT2D eigenvalue weighted by atomic mass is 10.4. The quantitative estimate of drug-likeness (QED) is 0.545. The highest BCUT2D eigenvalue weighted by atomic mass is 16.2. The summed E-state index contributed by atoms with van der Waals surface area (Å²) in [5, 5.41) is 2.49. The Morgan fingerprint density at radius 2 is 1.86 bits per heavy atom. The SMILES string of the molecule is C=CC(=O)N(C)C(=O)N/C(C=C)=C/C. The van der Waals surface area contributed by atoms with E-state index in [4.69, 9.17) is 0 Å². The number of nitrogens with one attached hydrogen (secondary N) is 1. The van der Waals surface area contributed by atoms with Crippen molar-refractivity contribution in [3.8, 4) is 0 Å². The van der Waals surface area contributed by atoms with Crippen LogP contribution in [0.15, 0.2) is 37.1 Å². The molecule has 14 heavy (non-hydrogen) atoms. The third kappa shape index (κ3) is 3.26. The Kier molecular flexibility index (Phi) is 4.99. The molecule has 0 radical (unpaired) electrons. The van der Waals surface area contributed by atoms with Crippen molar-refractivity contribution in [1.29, 1.82) is 0 Å². The first-order valence-electron chi connectivity index (χ1n) is 4.06. The molecule has 0 aromatic carbocycles. The molecule has 0 unspecified atom stereocenters. The van der Waals surface area contributed by atoms with Crippen molar-refractivity contribution < 1.29 is 9.59 Å². The zero-order valence-corrected chi connectivity index (χ0v) is 8.41. The van der Waals surface area contributed by atoms with Crippen molar-refractivity contribution in [2.75, 3.05) is 7.05 Å². The van der Waals surface area contributed by atoms with Crippen LogP contribution in [0.3, 0.4) is 0 Å². The number of nitrogens with zero attached hydrogens (tertiary/aromatic N) is 1. The summed E-state index contributed by atoms with van der Waals surface area (Å²) in [5.41, 5.74) is 0.554. The summed E-state index contributed by atoms with van der Waals surface area (Å²) in [6.07, 6.45) is 4.24. The van der Waals surface area contributed by atoms with Gasteiger partial charge in [0.25, 0.3) is 5.91 Å². The molecule has 76 valence electrons. The van der Waals surface area contributed by atoms with Gasteiger partial charge in [0.2, 0.25) is 0 Å². The van der Waals surface area contributed by atoms with Gasteiger partial charge in [-0.3, -0.25) is 9.69 Å². The number of carbonyl (C=O) groups excluding carboxylic acids is 2. The molecule has 0 aliphatic carbocycles. The molecule has 0 atom stereocenters. The van der Waals surface area contributed by atoms with E-state index < -0.39 is 11.9 Å². The number of amides is 3. The predicted octanol–water partition coefficient (Wildman–Crippen LogP) is 1.43. The van der Waals surface area contributed by atoms with E-state index in [0.29, 0.717) is 5.70 Å². The Hall–Kier alpha value is -1.84. The van der Waals surface area contributed by atoms with Crippen LogP contribution < -0.4 is 5.32 Å².